The van der Waals surface area contributed by atoms with Gasteiger partial charge in [-0.15, -0.1) is 0 Å². The summed E-state index contributed by atoms with van der Waals surface area (Å²) in [5.74, 6) is -0.442. The first-order valence-corrected chi connectivity index (χ1v) is 5.21. The Bertz CT molecular complexity index is 598. The van der Waals surface area contributed by atoms with E-state index in [-0.39, 0.29) is 0 Å². The second kappa shape index (κ2) is 5.13. The van der Waals surface area contributed by atoms with Crippen molar-refractivity contribution < 1.29 is 14.3 Å². The van der Waals surface area contributed by atoms with Gasteiger partial charge in [-0.2, -0.15) is 0 Å². The highest BCUT2D eigenvalue weighted by Crippen LogP contribution is 2.17. The molecule has 0 atom stereocenters. The number of fused-ring (bicyclic) bond motifs is 1. The van der Waals surface area contributed by atoms with Crippen LogP contribution in [0, 0.1) is 0 Å². The van der Waals surface area contributed by atoms with Crippen molar-refractivity contribution in [1.82, 2.24) is 4.98 Å². The number of nitrogens with two attached hydrogens (primary N) is 1. The SMILES string of the molecule is NC(=O)OCC(=O)Nc1ccc2cnccc2c1. The molecule has 0 fully saturated rings. The molecule has 1 aromatic heterocycles. The van der Waals surface area contributed by atoms with Crippen LogP contribution >= 0.6 is 0 Å². The van der Waals surface area contributed by atoms with Gasteiger partial charge in [0.2, 0.25) is 0 Å². The van der Waals surface area contributed by atoms with Crippen LogP contribution in [0.2, 0.25) is 0 Å². The zero-order chi connectivity index (χ0) is 13.0. The van der Waals surface area contributed by atoms with Crippen LogP contribution in [0.15, 0.2) is 36.7 Å². The van der Waals surface area contributed by atoms with Gasteiger partial charge in [-0.05, 0) is 23.6 Å². The lowest BCUT2D eigenvalue weighted by Gasteiger charge is -2.06. The van der Waals surface area contributed by atoms with Gasteiger partial charge in [-0.25, -0.2) is 4.79 Å². The summed E-state index contributed by atoms with van der Waals surface area (Å²) in [6.45, 7) is -0.399. The Morgan fingerprint density at radius 1 is 1.28 bits per heavy atom. The molecule has 0 saturated heterocycles. The maximum absolute atomic E-state index is 11.4. The number of nitrogens with zero attached hydrogens (tertiary/aromatic N) is 1. The van der Waals surface area contributed by atoms with Crippen molar-refractivity contribution in [3.63, 3.8) is 0 Å². The molecule has 2 aromatic rings. The lowest BCUT2D eigenvalue weighted by atomic mass is 10.1. The molecule has 0 saturated carbocycles. The zero-order valence-electron chi connectivity index (χ0n) is 9.42. The number of benzene rings is 1. The van der Waals surface area contributed by atoms with Crippen LogP contribution in [0.3, 0.4) is 0 Å². The van der Waals surface area contributed by atoms with Crippen molar-refractivity contribution in [1.29, 1.82) is 0 Å². The third kappa shape index (κ3) is 2.94. The maximum Gasteiger partial charge on any atom is 0.405 e. The van der Waals surface area contributed by atoms with Crippen molar-refractivity contribution in [2.24, 2.45) is 5.73 Å². The number of ether oxygens (including phenoxy) is 1. The summed E-state index contributed by atoms with van der Waals surface area (Å²) in [6, 6.07) is 7.23. The van der Waals surface area contributed by atoms with Gasteiger partial charge in [0.15, 0.2) is 6.61 Å². The van der Waals surface area contributed by atoms with Crippen molar-refractivity contribution in [3.05, 3.63) is 36.7 Å². The molecule has 6 nitrogen and oxygen atoms in total. The molecular weight excluding hydrogens is 234 g/mol. The highest BCUT2D eigenvalue weighted by atomic mass is 16.5. The van der Waals surface area contributed by atoms with Crippen molar-refractivity contribution >= 4 is 28.5 Å². The Kier molecular flexibility index (Phi) is 3.38. The summed E-state index contributed by atoms with van der Waals surface area (Å²) in [4.78, 5) is 25.7. The highest BCUT2D eigenvalue weighted by Gasteiger charge is 2.05. The second-order valence-electron chi connectivity index (χ2n) is 3.59. The third-order valence-corrected chi connectivity index (χ3v) is 2.27. The van der Waals surface area contributed by atoms with Crippen LogP contribution < -0.4 is 11.1 Å². The molecule has 0 bridgehead atoms. The molecule has 0 aliphatic rings. The lowest BCUT2D eigenvalue weighted by molar-refractivity contribution is -0.118. The Balaban J connectivity index is 2.07. The average Bonchev–Trinajstić information content (AvgIpc) is 2.36. The smallest absolute Gasteiger partial charge is 0.405 e. The third-order valence-electron chi connectivity index (χ3n) is 2.27. The van der Waals surface area contributed by atoms with E-state index in [0.717, 1.165) is 10.8 Å². The maximum atomic E-state index is 11.4. The van der Waals surface area contributed by atoms with Gasteiger partial charge in [0.05, 0.1) is 0 Å². The van der Waals surface area contributed by atoms with E-state index < -0.39 is 18.6 Å². The molecular formula is C12H11N3O3. The minimum Gasteiger partial charge on any atom is -0.440 e. The monoisotopic (exact) mass is 245 g/mol. The van der Waals surface area contributed by atoms with Gasteiger partial charge >= 0.3 is 6.09 Å². The molecule has 0 aliphatic heterocycles. The summed E-state index contributed by atoms with van der Waals surface area (Å²) in [5, 5.41) is 4.53. The Morgan fingerprint density at radius 3 is 2.89 bits per heavy atom. The van der Waals surface area contributed by atoms with E-state index in [9.17, 15) is 9.59 Å². The van der Waals surface area contributed by atoms with Gasteiger partial charge in [-0.1, -0.05) is 6.07 Å². The van der Waals surface area contributed by atoms with E-state index >= 15 is 0 Å². The molecule has 0 aliphatic carbocycles. The molecule has 0 radical (unpaired) electrons. The topological polar surface area (TPSA) is 94.3 Å². The quantitative estimate of drug-likeness (QED) is 0.851. The largest absolute Gasteiger partial charge is 0.440 e. The molecule has 1 aromatic carbocycles. The van der Waals surface area contributed by atoms with E-state index in [2.05, 4.69) is 15.0 Å². The number of carbonyl (C=O) groups is 2. The molecule has 1 heterocycles. The van der Waals surface area contributed by atoms with Gasteiger partial charge in [0.1, 0.15) is 0 Å². The van der Waals surface area contributed by atoms with E-state index in [4.69, 9.17) is 5.73 Å². The molecule has 92 valence electrons. The molecule has 2 amide bonds. The summed E-state index contributed by atoms with van der Waals surface area (Å²) in [7, 11) is 0. The number of pyridine rings is 1. The predicted octanol–water partition coefficient (Wildman–Crippen LogP) is 1.27. The Hall–Kier alpha value is -2.63. The number of anilines is 1. The van der Waals surface area contributed by atoms with Gasteiger partial charge < -0.3 is 15.8 Å². The summed E-state index contributed by atoms with van der Waals surface area (Å²) >= 11 is 0. The number of nitrogens with one attached hydrogen (secondary N) is 1. The first kappa shape index (κ1) is 11.8. The van der Waals surface area contributed by atoms with Gasteiger partial charge in [-0.3, -0.25) is 9.78 Å². The molecule has 0 unspecified atom stereocenters. The van der Waals surface area contributed by atoms with Gasteiger partial charge in [0.25, 0.3) is 5.91 Å². The number of carbonyl (C=O) groups excluding carboxylic acids is 2. The summed E-state index contributed by atoms with van der Waals surface area (Å²) in [6.07, 6.45) is 2.43. The van der Waals surface area contributed by atoms with Gasteiger partial charge in [0, 0.05) is 23.5 Å². The number of amides is 2. The summed E-state index contributed by atoms with van der Waals surface area (Å²) in [5.41, 5.74) is 5.38. The standard InChI is InChI=1S/C12H11N3O3/c13-12(17)18-7-11(16)15-10-2-1-9-6-14-4-3-8(9)5-10/h1-6H,7H2,(H2,13,17)(H,15,16). The van der Waals surface area contributed by atoms with Crippen molar-refractivity contribution in [3.8, 4) is 0 Å². The van der Waals surface area contributed by atoms with Crippen LogP contribution in [-0.4, -0.2) is 23.6 Å². The number of hydrogen-bond acceptors (Lipinski definition) is 4. The first-order valence-electron chi connectivity index (χ1n) is 5.21. The van der Waals surface area contributed by atoms with Crippen molar-refractivity contribution in [2.75, 3.05) is 11.9 Å². The minimum atomic E-state index is -0.977. The first-order chi connectivity index (χ1) is 8.65. The van der Waals surface area contributed by atoms with E-state index in [1.807, 2.05) is 12.1 Å². The van der Waals surface area contributed by atoms with Crippen molar-refractivity contribution in [2.45, 2.75) is 0 Å². The fourth-order valence-electron chi connectivity index (χ4n) is 1.49. The second-order valence-corrected chi connectivity index (χ2v) is 3.59. The summed E-state index contributed by atoms with van der Waals surface area (Å²) < 4.78 is 4.38. The van der Waals surface area contributed by atoms with Crippen LogP contribution in [0.25, 0.3) is 10.8 Å². The normalized spacial score (nSPS) is 10.0. The zero-order valence-corrected chi connectivity index (χ0v) is 9.42. The Labute approximate surface area is 103 Å². The average molecular weight is 245 g/mol. The predicted molar refractivity (Wildman–Crippen MR) is 65.9 cm³/mol. The molecule has 0 spiro atoms. The Morgan fingerprint density at radius 2 is 2.11 bits per heavy atom. The minimum absolute atomic E-state index is 0.399. The number of primary amides is 1. The highest BCUT2D eigenvalue weighted by molar-refractivity contribution is 5.95. The number of aromatic nitrogens is 1. The fraction of sp³-hybridized carbons (Fsp3) is 0.0833. The number of rotatable bonds is 3. The van der Waals surface area contributed by atoms with E-state index in [1.54, 1.807) is 24.5 Å². The van der Waals surface area contributed by atoms with Crippen LogP contribution in [-0.2, 0) is 9.53 Å². The number of hydrogen-bond donors (Lipinski definition) is 2. The molecule has 2 rings (SSSR count). The lowest BCUT2D eigenvalue weighted by Crippen LogP contribution is -2.23. The van der Waals surface area contributed by atoms with E-state index in [1.165, 1.54) is 0 Å². The molecule has 3 N–H and O–H groups in total. The van der Waals surface area contributed by atoms with Crippen LogP contribution in [0.5, 0.6) is 0 Å². The fourth-order valence-corrected chi connectivity index (χ4v) is 1.49. The van der Waals surface area contributed by atoms with Crippen LogP contribution in [0.1, 0.15) is 0 Å². The molecule has 18 heavy (non-hydrogen) atoms. The van der Waals surface area contributed by atoms with E-state index in [0.29, 0.717) is 5.69 Å². The molecule has 6 heteroatoms. The van der Waals surface area contributed by atoms with Crippen LogP contribution in [0.4, 0.5) is 10.5 Å².